The van der Waals surface area contributed by atoms with Crippen LogP contribution in [0.1, 0.15) is 42.9 Å². The van der Waals surface area contributed by atoms with Crippen molar-refractivity contribution in [2.75, 3.05) is 19.6 Å². The van der Waals surface area contributed by atoms with Crippen molar-refractivity contribution >= 4 is 29.9 Å². The number of aromatic nitrogens is 2. The minimum Gasteiger partial charge on any atom is -0.383 e. The normalized spacial score (nSPS) is 13.3. The van der Waals surface area contributed by atoms with Crippen LogP contribution in [0.2, 0.25) is 0 Å². The fourth-order valence-electron chi connectivity index (χ4n) is 3.60. The summed E-state index contributed by atoms with van der Waals surface area (Å²) in [6.45, 7) is 5.55. The van der Waals surface area contributed by atoms with E-state index in [-0.39, 0.29) is 30.5 Å². The highest BCUT2D eigenvalue weighted by Gasteiger charge is 2.24. The van der Waals surface area contributed by atoms with Crippen LogP contribution < -0.4 is 10.6 Å². The number of aliphatic imine (C=N–C) groups is 1. The highest BCUT2D eigenvalue weighted by Crippen LogP contribution is 2.27. The summed E-state index contributed by atoms with van der Waals surface area (Å²) in [5, 5.41) is 21.7. The summed E-state index contributed by atoms with van der Waals surface area (Å²) >= 11 is 0. The summed E-state index contributed by atoms with van der Waals surface area (Å²) in [5.41, 5.74) is 2.28. The summed E-state index contributed by atoms with van der Waals surface area (Å²) in [6.07, 6.45) is 4.43. The molecule has 1 aromatic heterocycles. The predicted molar refractivity (Wildman–Crippen MR) is 142 cm³/mol. The molecule has 0 radical (unpaired) electrons. The third-order valence-corrected chi connectivity index (χ3v) is 5.35. The molecule has 0 bridgehead atoms. The second-order valence-electron chi connectivity index (χ2n) is 7.96. The first kappa shape index (κ1) is 25.9. The fraction of sp³-hybridized carbons (Fsp3) is 0.360. The molecule has 0 fully saturated rings. The van der Waals surface area contributed by atoms with Crippen molar-refractivity contribution in [3.8, 4) is 0 Å². The van der Waals surface area contributed by atoms with Gasteiger partial charge in [-0.25, -0.2) is 4.99 Å². The molecule has 1 heterocycles. The van der Waals surface area contributed by atoms with Gasteiger partial charge in [0, 0.05) is 37.8 Å². The standard InChI is InChI=1S/C25H33N5O.HI/c1-4-26-24(28-19-25(2,31)22-17-29-30(3)18-22)27-16-15-23(20-11-7-5-8-12-20)21-13-9-6-10-14-21;/h5-14,17-18,23,31H,4,15-16,19H2,1-3H3,(H2,26,27,28);1H. The number of hydrogen-bond donors (Lipinski definition) is 3. The predicted octanol–water partition coefficient (Wildman–Crippen LogP) is 4.02. The van der Waals surface area contributed by atoms with Gasteiger partial charge in [0.15, 0.2) is 5.96 Å². The van der Waals surface area contributed by atoms with Crippen molar-refractivity contribution in [1.29, 1.82) is 0 Å². The van der Waals surface area contributed by atoms with Crippen LogP contribution in [-0.2, 0) is 12.6 Å². The highest BCUT2D eigenvalue weighted by molar-refractivity contribution is 14.0. The zero-order valence-electron chi connectivity index (χ0n) is 19.0. The van der Waals surface area contributed by atoms with Crippen molar-refractivity contribution in [2.45, 2.75) is 31.8 Å². The Balaban J connectivity index is 0.00000363. The van der Waals surface area contributed by atoms with Gasteiger partial charge in [-0.3, -0.25) is 4.68 Å². The lowest BCUT2D eigenvalue weighted by Gasteiger charge is -2.22. The van der Waals surface area contributed by atoms with Gasteiger partial charge in [-0.05, 0) is 31.4 Å². The molecule has 0 spiro atoms. The van der Waals surface area contributed by atoms with Crippen LogP contribution in [0.5, 0.6) is 0 Å². The summed E-state index contributed by atoms with van der Waals surface area (Å²) in [4.78, 5) is 4.62. The average molecular weight is 547 g/mol. The van der Waals surface area contributed by atoms with Gasteiger partial charge < -0.3 is 15.7 Å². The summed E-state index contributed by atoms with van der Waals surface area (Å²) in [7, 11) is 1.84. The molecule has 32 heavy (non-hydrogen) atoms. The van der Waals surface area contributed by atoms with Crippen LogP contribution >= 0.6 is 24.0 Å². The number of guanidine groups is 1. The maximum Gasteiger partial charge on any atom is 0.191 e. The number of hydrogen-bond acceptors (Lipinski definition) is 3. The van der Waals surface area contributed by atoms with E-state index in [1.165, 1.54) is 11.1 Å². The van der Waals surface area contributed by atoms with E-state index in [0.717, 1.165) is 25.1 Å². The van der Waals surface area contributed by atoms with Crippen LogP contribution in [0.25, 0.3) is 0 Å². The highest BCUT2D eigenvalue weighted by atomic mass is 127. The smallest absolute Gasteiger partial charge is 0.191 e. The van der Waals surface area contributed by atoms with Gasteiger partial charge in [0.1, 0.15) is 5.60 Å². The van der Waals surface area contributed by atoms with E-state index >= 15 is 0 Å². The Morgan fingerprint density at radius 1 is 1.06 bits per heavy atom. The molecule has 172 valence electrons. The van der Waals surface area contributed by atoms with E-state index in [9.17, 15) is 5.11 Å². The van der Waals surface area contributed by atoms with Gasteiger partial charge >= 0.3 is 0 Å². The molecular weight excluding hydrogens is 513 g/mol. The van der Waals surface area contributed by atoms with Crippen LogP contribution in [0.4, 0.5) is 0 Å². The van der Waals surface area contributed by atoms with E-state index in [2.05, 4.69) is 69.3 Å². The lowest BCUT2D eigenvalue weighted by Crippen LogP contribution is -2.39. The molecule has 0 aliphatic carbocycles. The lowest BCUT2D eigenvalue weighted by atomic mass is 9.88. The number of rotatable bonds is 9. The number of benzene rings is 2. The lowest BCUT2D eigenvalue weighted by molar-refractivity contribution is 0.0672. The Bertz CT molecular complexity index is 917. The van der Waals surface area contributed by atoms with Gasteiger partial charge in [0.25, 0.3) is 0 Å². The Morgan fingerprint density at radius 3 is 2.16 bits per heavy atom. The third kappa shape index (κ3) is 7.34. The average Bonchev–Trinajstić information content (AvgIpc) is 3.23. The summed E-state index contributed by atoms with van der Waals surface area (Å²) < 4.78 is 1.68. The van der Waals surface area contributed by atoms with E-state index in [4.69, 9.17) is 0 Å². The Kier molecular flexibility index (Phi) is 10.2. The molecule has 0 saturated carbocycles. The number of nitrogens with zero attached hydrogens (tertiary/aromatic N) is 3. The topological polar surface area (TPSA) is 74.5 Å². The maximum atomic E-state index is 10.8. The second-order valence-corrected chi connectivity index (χ2v) is 7.96. The van der Waals surface area contributed by atoms with E-state index in [0.29, 0.717) is 11.9 Å². The minimum absolute atomic E-state index is 0. The molecule has 0 aliphatic rings. The second kappa shape index (κ2) is 12.6. The summed E-state index contributed by atoms with van der Waals surface area (Å²) in [5.74, 6) is 1.00. The molecule has 2 aromatic carbocycles. The fourth-order valence-corrected chi connectivity index (χ4v) is 3.60. The first-order chi connectivity index (χ1) is 15.0. The van der Waals surface area contributed by atoms with Gasteiger partial charge in [-0.1, -0.05) is 60.7 Å². The number of halogens is 1. The number of aliphatic hydroxyl groups is 1. The summed E-state index contributed by atoms with van der Waals surface area (Å²) in [6, 6.07) is 21.2. The first-order valence-corrected chi connectivity index (χ1v) is 10.8. The molecule has 1 unspecified atom stereocenters. The Morgan fingerprint density at radius 2 is 1.66 bits per heavy atom. The molecule has 3 N–H and O–H groups in total. The van der Waals surface area contributed by atoms with E-state index in [1.54, 1.807) is 17.8 Å². The van der Waals surface area contributed by atoms with Crippen molar-refractivity contribution in [3.63, 3.8) is 0 Å². The van der Waals surface area contributed by atoms with Crippen LogP contribution in [0, 0.1) is 0 Å². The van der Waals surface area contributed by atoms with Gasteiger partial charge in [0.2, 0.25) is 0 Å². The van der Waals surface area contributed by atoms with Gasteiger partial charge in [-0.2, -0.15) is 5.10 Å². The SMILES string of the molecule is CCNC(=NCC(C)(O)c1cnn(C)c1)NCCC(c1ccccc1)c1ccccc1.I. The largest absolute Gasteiger partial charge is 0.383 e. The van der Waals surface area contributed by atoms with Crippen LogP contribution in [-0.4, -0.2) is 40.5 Å². The molecule has 3 aromatic rings. The van der Waals surface area contributed by atoms with Crippen LogP contribution in [0.3, 0.4) is 0 Å². The molecule has 1 atom stereocenters. The quantitative estimate of drug-likeness (QED) is 0.215. The van der Waals surface area contributed by atoms with Gasteiger partial charge in [-0.15, -0.1) is 24.0 Å². The number of nitrogens with one attached hydrogen (secondary N) is 2. The zero-order valence-corrected chi connectivity index (χ0v) is 21.4. The van der Waals surface area contributed by atoms with Crippen molar-refractivity contribution in [3.05, 3.63) is 89.7 Å². The minimum atomic E-state index is -1.08. The molecule has 7 heteroatoms. The maximum absolute atomic E-state index is 10.8. The molecule has 3 rings (SSSR count). The van der Waals surface area contributed by atoms with E-state index in [1.807, 2.05) is 32.3 Å². The van der Waals surface area contributed by atoms with Crippen LogP contribution in [0.15, 0.2) is 78.0 Å². The Labute approximate surface area is 208 Å². The van der Waals surface area contributed by atoms with Crippen molar-refractivity contribution in [2.24, 2.45) is 12.0 Å². The molecule has 0 saturated heterocycles. The molecule has 0 aliphatic heterocycles. The molecule has 6 nitrogen and oxygen atoms in total. The number of aryl methyl sites for hydroxylation is 1. The molecular formula is C25H34IN5O. The first-order valence-electron chi connectivity index (χ1n) is 10.8. The van der Waals surface area contributed by atoms with Crippen molar-refractivity contribution in [1.82, 2.24) is 20.4 Å². The monoisotopic (exact) mass is 547 g/mol. The molecule has 0 amide bonds. The zero-order chi connectivity index (χ0) is 22.1. The van der Waals surface area contributed by atoms with Gasteiger partial charge in [0.05, 0.1) is 12.7 Å². The third-order valence-electron chi connectivity index (χ3n) is 5.35. The van der Waals surface area contributed by atoms with Crippen molar-refractivity contribution < 1.29 is 5.11 Å². The van der Waals surface area contributed by atoms with E-state index < -0.39 is 5.60 Å². The Hall–Kier alpha value is -2.39.